The van der Waals surface area contributed by atoms with Crippen LogP contribution in [0.1, 0.15) is 49.9 Å². The molecule has 3 heterocycles. The van der Waals surface area contributed by atoms with Crippen molar-refractivity contribution in [3.05, 3.63) is 138 Å². The summed E-state index contributed by atoms with van der Waals surface area (Å²) in [4.78, 5) is 9.75. The average molecular weight is 494 g/mol. The standard InChI is InChI=1S/C35H31N3/c1-34(2)25-13-5-9-17-29(25)37(30-18-10-6-14-26(30)34)24-21-22-33(36-23-24)38-31-19-11-7-15-27(31)35(3,4)28-16-8-12-20-32(28)38/h5-23H,1-4H3. The Morgan fingerprint density at radius 2 is 0.816 bits per heavy atom. The molecule has 1 aromatic heterocycles. The van der Waals surface area contributed by atoms with Gasteiger partial charge < -0.3 is 4.90 Å². The second-order valence-electron chi connectivity index (χ2n) is 11.4. The van der Waals surface area contributed by atoms with Crippen LogP contribution in [-0.2, 0) is 10.8 Å². The van der Waals surface area contributed by atoms with E-state index < -0.39 is 0 Å². The van der Waals surface area contributed by atoms with E-state index in [0.29, 0.717) is 0 Å². The summed E-state index contributed by atoms with van der Waals surface area (Å²) in [7, 11) is 0. The zero-order valence-corrected chi connectivity index (χ0v) is 22.3. The summed E-state index contributed by atoms with van der Waals surface area (Å²) < 4.78 is 0. The third kappa shape index (κ3) is 3.11. The van der Waals surface area contributed by atoms with Crippen molar-refractivity contribution >= 4 is 34.3 Å². The van der Waals surface area contributed by atoms with Crippen LogP contribution >= 0.6 is 0 Å². The second kappa shape index (κ2) is 8.06. The minimum absolute atomic E-state index is 0.0783. The van der Waals surface area contributed by atoms with E-state index in [1.807, 2.05) is 6.20 Å². The van der Waals surface area contributed by atoms with Crippen LogP contribution in [0.4, 0.5) is 34.3 Å². The fourth-order valence-electron chi connectivity index (χ4n) is 6.51. The predicted molar refractivity (Wildman–Crippen MR) is 158 cm³/mol. The molecule has 0 fully saturated rings. The minimum atomic E-state index is -0.0857. The molecule has 0 unspecified atom stereocenters. The molecule has 0 amide bonds. The number of aromatic nitrogens is 1. The molecule has 2 aliphatic rings. The zero-order chi connectivity index (χ0) is 26.1. The third-order valence-electron chi connectivity index (χ3n) is 8.49. The summed E-state index contributed by atoms with van der Waals surface area (Å²) in [5, 5.41) is 0. The van der Waals surface area contributed by atoms with Gasteiger partial charge in [0.25, 0.3) is 0 Å². The Bertz CT molecular complexity index is 1460. The lowest BCUT2D eigenvalue weighted by Gasteiger charge is -2.42. The highest BCUT2D eigenvalue weighted by Gasteiger charge is 2.38. The van der Waals surface area contributed by atoms with Crippen LogP contribution in [0, 0.1) is 0 Å². The summed E-state index contributed by atoms with van der Waals surface area (Å²) in [5.74, 6) is 0.919. The van der Waals surface area contributed by atoms with Crippen molar-refractivity contribution in [2.45, 2.75) is 38.5 Å². The number of rotatable bonds is 2. The number of benzene rings is 4. The lowest BCUT2D eigenvalue weighted by atomic mass is 9.73. The van der Waals surface area contributed by atoms with Crippen molar-refractivity contribution in [3.8, 4) is 0 Å². The normalized spacial score (nSPS) is 16.2. The first-order valence-electron chi connectivity index (χ1n) is 13.3. The van der Waals surface area contributed by atoms with Gasteiger partial charge in [0.15, 0.2) is 0 Å². The Morgan fingerprint density at radius 3 is 1.18 bits per heavy atom. The third-order valence-corrected chi connectivity index (χ3v) is 8.49. The molecule has 186 valence electrons. The first kappa shape index (κ1) is 22.8. The molecule has 0 saturated heterocycles. The largest absolute Gasteiger partial charge is 0.308 e. The fourth-order valence-corrected chi connectivity index (χ4v) is 6.51. The molecule has 38 heavy (non-hydrogen) atoms. The summed E-state index contributed by atoms with van der Waals surface area (Å²) >= 11 is 0. The van der Waals surface area contributed by atoms with Crippen molar-refractivity contribution in [1.29, 1.82) is 0 Å². The zero-order valence-electron chi connectivity index (χ0n) is 22.3. The van der Waals surface area contributed by atoms with Gasteiger partial charge in [-0.2, -0.15) is 0 Å². The molecule has 3 nitrogen and oxygen atoms in total. The fraction of sp³-hybridized carbons (Fsp3) is 0.171. The van der Waals surface area contributed by atoms with Crippen LogP contribution in [0.2, 0.25) is 0 Å². The van der Waals surface area contributed by atoms with Gasteiger partial charge in [-0.3, -0.25) is 4.90 Å². The Balaban J connectivity index is 1.37. The van der Waals surface area contributed by atoms with Crippen LogP contribution < -0.4 is 9.80 Å². The van der Waals surface area contributed by atoms with Gasteiger partial charge in [-0.25, -0.2) is 4.98 Å². The summed E-state index contributed by atoms with van der Waals surface area (Å²) in [6.45, 7) is 9.25. The Kier molecular flexibility index (Phi) is 4.84. The highest BCUT2D eigenvalue weighted by atomic mass is 15.2. The number of hydrogen-bond acceptors (Lipinski definition) is 3. The molecule has 2 aliphatic heterocycles. The predicted octanol–water partition coefficient (Wildman–Crippen LogP) is 9.30. The van der Waals surface area contributed by atoms with Gasteiger partial charge in [-0.1, -0.05) is 100 Å². The van der Waals surface area contributed by atoms with Crippen molar-refractivity contribution in [1.82, 2.24) is 4.98 Å². The number of hydrogen-bond donors (Lipinski definition) is 0. The number of anilines is 6. The maximum atomic E-state index is 5.09. The molecule has 0 atom stereocenters. The Labute approximate surface area is 225 Å². The van der Waals surface area contributed by atoms with Crippen molar-refractivity contribution in [2.24, 2.45) is 0 Å². The maximum absolute atomic E-state index is 5.09. The van der Waals surface area contributed by atoms with Gasteiger partial charge in [-0.05, 0) is 58.7 Å². The van der Waals surface area contributed by atoms with E-state index in [9.17, 15) is 0 Å². The Morgan fingerprint density at radius 1 is 0.447 bits per heavy atom. The van der Waals surface area contributed by atoms with Crippen LogP contribution in [-0.4, -0.2) is 4.98 Å². The second-order valence-corrected chi connectivity index (χ2v) is 11.4. The minimum Gasteiger partial charge on any atom is -0.308 e. The van der Waals surface area contributed by atoms with Crippen LogP contribution in [0.3, 0.4) is 0 Å². The lowest BCUT2D eigenvalue weighted by molar-refractivity contribution is 0.631. The highest BCUT2D eigenvalue weighted by Crippen LogP contribution is 2.53. The van der Waals surface area contributed by atoms with E-state index in [0.717, 1.165) is 11.5 Å². The van der Waals surface area contributed by atoms with E-state index in [4.69, 9.17) is 4.98 Å². The molecule has 0 radical (unpaired) electrons. The molecule has 0 aliphatic carbocycles. The molecule has 4 aromatic carbocycles. The molecule has 5 aromatic rings. The lowest BCUT2D eigenvalue weighted by Crippen LogP contribution is -2.31. The molecular formula is C35H31N3. The van der Waals surface area contributed by atoms with Crippen molar-refractivity contribution in [2.75, 3.05) is 9.80 Å². The van der Waals surface area contributed by atoms with Gasteiger partial charge in [0.05, 0.1) is 34.6 Å². The molecule has 0 bridgehead atoms. The molecule has 0 spiro atoms. The van der Waals surface area contributed by atoms with Crippen molar-refractivity contribution in [3.63, 3.8) is 0 Å². The summed E-state index contributed by atoms with van der Waals surface area (Å²) in [6.07, 6.45) is 2.02. The molecule has 7 rings (SSSR count). The van der Waals surface area contributed by atoms with E-state index in [1.165, 1.54) is 45.0 Å². The van der Waals surface area contributed by atoms with Gasteiger partial charge in [0.2, 0.25) is 0 Å². The highest BCUT2D eigenvalue weighted by molar-refractivity contribution is 5.87. The first-order chi connectivity index (χ1) is 18.4. The van der Waals surface area contributed by atoms with Crippen molar-refractivity contribution < 1.29 is 0 Å². The average Bonchev–Trinajstić information content (AvgIpc) is 2.94. The van der Waals surface area contributed by atoms with E-state index >= 15 is 0 Å². The molecular weight excluding hydrogens is 462 g/mol. The Hall–Kier alpha value is -4.37. The molecule has 0 saturated carbocycles. The summed E-state index contributed by atoms with van der Waals surface area (Å²) in [5.41, 5.74) is 11.0. The van der Waals surface area contributed by atoms with Crippen LogP contribution in [0.5, 0.6) is 0 Å². The first-order valence-corrected chi connectivity index (χ1v) is 13.3. The maximum Gasteiger partial charge on any atom is 0.137 e. The van der Waals surface area contributed by atoms with E-state index in [-0.39, 0.29) is 10.8 Å². The van der Waals surface area contributed by atoms with Gasteiger partial charge in [-0.15, -0.1) is 0 Å². The topological polar surface area (TPSA) is 19.4 Å². The van der Waals surface area contributed by atoms with E-state index in [2.05, 4.69) is 147 Å². The quantitative estimate of drug-likeness (QED) is 0.244. The monoisotopic (exact) mass is 493 g/mol. The smallest absolute Gasteiger partial charge is 0.137 e. The molecule has 3 heteroatoms. The number of pyridine rings is 1. The summed E-state index contributed by atoms with van der Waals surface area (Å²) in [6, 6.07) is 39.3. The van der Waals surface area contributed by atoms with Crippen LogP contribution in [0.25, 0.3) is 0 Å². The van der Waals surface area contributed by atoms with Gasteiger partial charge >= 0.3 is 0 Å². The van der Waals surface area contributed by atoms with Crippen LogP contribution in [0.15, 0.2) is 115 Å². The number of nitrogens with zero attached hydrogens (tertiary/aromatic N) is 3. The van der Waals surface area contributed by atoms with Gasteiger partial charge in [0.1, 0.15) is 5.82 Å². The number of para-hydroxylation sites is 4. The number of fused-ring (bicyclic) bond motifs is 4. The SMILES string of the molecule is CC1(C)c2ccccc2N(c2ccc(N3c4ccccc4C(C)(C)c4ccccc43)nc2)c2ccccc21. The van der Waals surface area contributed by atoms with E-state index in [1.54, 1.807) is 0 Å². The van der Waals surface area contributed by atoms with Gasteiger partial charge in [0, 0.05) is 10.8 Å². The molecule has 0 N–H and O–H groups in total.